The third-order valence-corrected chi connectivity index (χ3v) is 5.58. The van der Waals surface area contributed by atoms with E-state index in [2.05, 4.69) is 10.3 Å². The summed E-state index contributed by atoms with van der Waals surface area (Å²) in [6, 6.07) is -0.255. The second-order valence-electron chi connectivity index (χ2n) is 7.59. The first-order chi connectivity index (χ1) is 13.8. The molecular weight excluding hydrogens is 391 g/mol. The van der Waals surface area contributed by atoms with Gasteiger partial charge in [0.1, 0.15) is 6.61 Å². The van der Waals surface area contributed by atoms with Gasteiger partial charge in [-0.15, -0.1) is 0 Å². The Hall–Kier alpha value is -2.30. The number of nitrogens with two attached hydrogens (primary N) is 1. The van der Waals surface area contributed by atoms with Crippen LogP contribution in [-0.4, -0.2) is 85.6 Å². The van der Waals surface area contributed by atoms with E-state index in [1.807, 2.05) is 0 Å². The molecule has 1 unspecified atom stereocenters. The van der Waals surface area contributed by atoms with Crippen LogP contribution in [0.1, 0.15) is 19.3 Å². The average molecular weight is 417 g/mol. The zero-order valence-corrected chi connectivity index (χ0v) is 16.0. The fourth-order valence-electron chi connectivity index (χ4n) is 3.89. The highest BCUT2D eigenvalue weighted by atomic mass is 19.4. The lowest BCUT2D eigenvalue weighted by Gasteiger charge is -2.43. The normalized spacial score (nSPS) is 27.1. The number of alkyl halides is 3. The van der Waals surface area contributed by atoms with Crippen LogP contribution in [0.3, 0.4) is 0 Å². The van der Waals surface area contributed by atoms with Crippen LogP contribution in [0, 0.1) is 5.92 Å². The first kappa shape index (κ1) is 21.4. The number of rotatable bonds is 3. The molecule has 3 amide bonds. The quantitative estimate of drug-likeness (QED) is 0.666. The molecule has 0 aromatic rings. The van der Waals surface area contributed by atoms with E-state index >= 15 is 0 Å². The minimum absolute atomic E-state index is 0.0514. The molecule has 2 atom stereocenters. The Labute approximate surface area is 166 Å². The summed E-state index contributed by atoms with van der Waals surface area (Å²) in [6.07, 6.45) is -1.25. The molecule has 3 N–H and O–H groups in total. The van der Waals surface area contributed by atoms with Crippen LogP contribution < -0.4 is 11.1 Å². The summed E-state index contributed by atoms with van der Waals surface area (Å²) in [5.41, 5.74) is 4.03. The number of aliphatic imine (C=N–C) groups is 1. The lowest BCUT2D eigenvalue weighted by atomic mass is 9.97. The highest BCUT2D eigenvalue weighted by Gasteiger charge is 2.38. The van der Waals surface area contributed by atoms with Crippen molar-refractivity contribution in [2.75, 3.05) is 39.3 Å². The van der Waals surface area contributed by atoms with Gasteiger partial charge in [0.25, 0.3) is 0 Å². The highest BCUT2D eigenvalue weighted by Crippen LogP contribution is 2.24. The zero-order chi connectivity index (χ0) is 21.0. The number of nitrogens with one attached hydrogen (secondary N) is 1. The summed E-state index contributed by atoms with van der Waals surface area (Å²) in [7, 11) is 0. The van der Waals surface area contributed by atoms with Gasteiger partial charge in [-0.2, -0.15) is 13.2 Å². The molecule has 3 aliphatic rings. The number of carbonyl (C=O) groups excluding carboxylic acids is 2. The molecule has 3 rings (SSSR count). The number of ether oxygens (including phenoxy) is 1. The Morgan fingerprint density at radius 3 is 2.59 bits per heavy atom. The van der Waals surface area contributed by atoms with Crippen molar-refractivity contribution < 1.29 is 27.5 Å². The van der Waals surface area contributed by atoms with Gasteiger partial charge >= 0.3 is 12.2 Å². The highest BCUT2D eigenvalue weighted by molar-refractivity contribution is 5.80. The Balaban J connectivity index is 1.44. The van der Waals surface area contributed by atoms with Gasteiger partial charge in [-0.1, -0.05) is 0 Å². The van der Waals surface area contributed by atoms with Crippen LogP contribution in [0.2, 0.25) is 0 Å². The minimum Gasteiger partial charge on any atom is -0.404 e. The van der Waals surface area contributed by atoms with Gasteiger partial charge in [0.15, 0.2) is 0 Å². The zero-order valence-electron chi connectivity index (χ0n) is 16.0. The fraction of sp³-hybridized carbons (Fsp3) is 0.722. The van der Waals surface area contributed by atoms with Crippen LogP contribution in [-0.2, 0) is 9.53 Å². The third-order valence-electron chi connectivity index (χ3n) is 5.58. The fourth-order valence-corrected chi connectivity index (χ4v) is 3.89. The van der Waals surface area contributed by atoms with E-state index in [-0.39, 0.29) is 43.2 Å². The monoisotopic (exact) mass is 417 g/mol. The van der Waals surface area contributed by atoms with Gasteiger partial charge in [-0.3, -0.25) is 9.79 Å². The predicted octanol–water partition coefficient (Wildman–Crippen LogP) is 0.883. The molecule has 0 saturated carbocycles. The molecule has 29 heavy (non-hydrogen) atoms. The molecule has 0 aromatic carbocycles. The van der Waals surface area contributed by atoms with E-state index in [1.54, 1.807) is 9.80 Å². The Morgan fingerprint density at radius 1 is 1.24 bits per heavy atom. The van der Waals surface area contributed by atoms with Crippen LogP contribution in [0.4, 0.5) is 18.0 Å². The minimum atomic E-state index is -4.51. The number of piperidine rings is 2. The second-order valence-corrected chi connectivity index (χ2v) is 7.59. The van der Waals surface area contributed by atoms with Crippen LogP contribution in [0.15, 0.2) is 16.8 Å². The van der Waals surface area contributed by atoms with Crippen molar-refractivity contribution in [1.82, 2.24) is 15.1 Å². The number of hydrogen-bond acceptors (Lipinski definition) is 5. The lowest BCUT2D eigenvalue weighted by Crippen LogP contribution is -2.62. The molecule has 162 valence electrons. The van der Waals surface area contributed by atoms with Gasteiger partial charge in [0, 0.05) is 45.1 Å². The van der Waals surface area contributed by atoms with Crippen molar-refractivity contribution >= 4 is 18.2 Å². The number of morpholine rings is 1. The lowest BCUT2D eigenvalue weighted by molar-refractivity contribution is -0.139. The first-order valence-electron chi connectivity index (χ1n) is 9.71. The standard InChI is InChI=1S/C18H26F3N5O3/c19-18(20,21)13(7-22)9-23-8-12-1-4-25(5-2-12)17(28)26-6-3-15-14(10-26)24-16(27)11-29-15/h7,9,12,14-15H,1-6,8,10-11,22H2,(H,24,27)/t14-,15?/m1/s1. The number of amides is 3. The van der Waals surface area contributed by atoms with Gasteiger partial charge in [0.05, 0.1) is 17.7 Å². The maximum absolute atomic E-state index is 12.8. The van der Waals surface area contributed by atoms with E-state index in [4.69, 9.17) is 10.5 Å². The largest absolute Gasteiger partial charge is 0.419 e. The number of halogens is 3. The Morgan fingerprint density at radius 2 is 1.93 bits per heavy atom. The van der Waals surface area contributed by atoms with Crippen molar-refractivity contribution in [3.8, 4) is 0 Å². The Kier molecular flexibility index (Phi) is 6.66. The molecule has 0 aromatic heterocycles. The van der Waals surface area contributed by atoms with E-state index in [0.29, 0.717) is 51.6 Å². The molecule has 8 nitrogen and oxygen atoms in total. The van der Waals surface area contributed by atoms with Crippen LogP contribution in [0.25, 0.3) is 0 Å². The van der Waals surface area contributed by atoms with Crippen molar-refractivity contribution in [1.29, 1.82) is 0 Å². The molecule has 0 radical (unpaired) electrons. The molecule has 3 fully saturated rings. The molecule has 3 saturated heterocycles. The SMILES string of the molecule is NC=C(C=NCC1CCN(C(=O)N2CCC3OCC(=O)N[C@@H]3C2)CC1)C(F)(F)F. The summed E-state index contributed by atoms with van der Waals surface area (Å²) in [6.45, 7) is 2.40. The summed E-state index contributed by atoms with van der Waals surface area (Å²) in [5.74, 6) is -0.0422. The molecular formula is C18H26F3N5O3. The average Bonchev–Trinajstić information content (AvgIpc) is 2.69. The first-order valence-corrected chi connectivity index (χ1v) is 9.71. The van der Waals surface area contributed by atoms with Crippen LogP contribution >= 0.6 is 0 Å². The number of carbonyl (C=O) groups is 2. The smallest absolute Gasteiger partial charge is 0.404 e. The van der Waals surface area contributed by atoms with Crippen molar-refractivity contribution in [2.24, 2.45) is 16.6 Å². The molecule has 3 heterocycles. The second kappa shape index (κ2) is 9.02. The van der Waals surface area contributed by atoms with E-state index < -0.39 is 11.7 Å². The number of allylic oxidation sites excluding steroid dienone is 1. The third kappa shape index (κ3) is 5.40. The number of urea groups is 1. The number of fused-ring (bicyclic) bond motifs is 1. The van der Waals surface area contributed by atoms with E-state index in [9.17, 15) is 22.8 Å². The molecule has 0 aliphatic carbocycles. The van der Waals surface area contributed by atoms with Gasteiger partial charge in [0.2, 0.25) is 5.91 Å². The van der Waals surface area contributed by atoms with Crippen molar-refractivity contribution in [2.45, 2.75) is 37.6 Å². The van der Waals surface area contributed by atoms with E-state index in [1.165, 1.54) is 0 Å². The van der Waals surface area contributed by atoms with Gasteiger partial charge in [-0.05, 0) is 25.2 Å². The van der Waals surface area contributed by atoms with Crippen molar-refractivity contribution in [3.05, 3.63) is 11.8 Å². The summed E-state index contributed by atoms with van der Waals surface area (Å²) < 4.78 is 43.3. The molecule has 0 spiro atoms. The van der Waals surface area contributed by atoms with Crippen LogP contribution in [0.5, 0.6) is 0 Å². The maximum atomic E-state index is 12.8. The molecule has 0 bridgehead atoms. The molecule has 11 heteroatoms. The summed E-state index contributed by atoms with van der Waals surface area (Å²) in [4.78, 5) is 31.7. The summed E-state index contributed by atoms with van der Waals surface area (Å²) >= 11 is 0. The summed E-state index contributed by atoms with van der Waals surface area (Å²) in [5, 5.41) is 2.87. The maximum Gasteiger partial charge on any atom is 0.419 e. The topological polar surface area (TPSA) is 100 Å². The van der Waals surface area contributed by atoms with Gasteiger partial charge < -0.3 is 25.6 Å². The number of likely N-dealkylation sites (tertiary alicyclic amines) is 2. The molecule has 3 aliphatic heterocycles. The Bertz CT molecular complexity index is 674. The number of nitrogens with zero attached hydrogens (tertiary/aromatic N) is 3. The van der Waals surface area contributed by atoms with Gasteiger partial charge in [-0.25, -0.2) is 4.79 Å². The van der Waals surface area contributed by atoms with E-state index in [0.717, 1.165) is 6.21 Å². The number of hydrogen-bond donors (Lipinski definition) is 2. The predicted molar refractivity (Wildman–Crippen MR) is 99.2 cm³/mol. The van der Waals surface area contributed by atoms with Crippen molar-refractivity contribution in [3.63, 3.8) is 0 Å².